The van der Waals surface area contributed by atoms with Crippen molar-refractivity contribution in [2.45, 2.75) is 38.8 Å². The summed E-state index contributed by atoms with van der Waals surface area (Å²) in [6.07, 6.45) is 3.54. The van der Waals surface area contributed by atoms with Gasteiger partial charge in [-0.2, -0.15) is 5.10 Å². The molecule has 6 heteroatoms. The lowest BCUT2D eigenvalue weighted by atomic mass is 10.00. The Morgan fingerprint density at radius 3 is 2.81 bits per heavy atom. The van der Waals surface area contributed by atoms with Crippen molar-refractivity contribution in [1.82, 2.24) is 20.1 Å². The van der Waals surface area contributed by atoms with E-state index in [9.17, 15) is 9.90 Å². The van der Waals surface area contributed by atoms with E-state index in [1.807, 2.05) is 6.92 Å². The molecule has 0 fully saturated rings. The van der Waals surface area contributed by atoms with Gasteiger partial charge in [0.25, 0.3) is 0 Å². The molecule has 1 aromatic heterocycles. The van der Waals surface area contributed by atoms with Gasteiger partial charge in [-0.3, -0.25) is 4.79 Å². The fourth-order valence-corrected chi connectivity index (χ4v) is 1.18. The van der Waals surface area contributed by atoms with Crippen LogP contribution in [0.4, 0.5) is 0 Å². The Labute approximate surface area is 94.7 Å². The molecule has 2 atom stereocenters. The lowest BCUT2D eigenvalue weighted by Crippen LogP contribution is -2.50. The Morgan fingerprint density at radius 2 is 2.38 bits per heavy atom. The van der Waals surface area contributed by atoms with E-state index in [0.29, 0.717) is 6.42 Å². The van der Waals surface area contributed by atoms with Gasteiger partial charge in [0.05, 0.1) is 12.1 Å². The number of hydrogen-bond donors (Lipinski definition) is 2. The highest BCUT2D eigenvalue weighted by atomic mass is 16.3. The van der Waals surface area contributed by atoms with Crippen LogP contribution in [0.2, 0.25) is 0 Å². The van der Waals surface area contributed by atoms with Crippen LogP contribution in [0, 0.1) is 0 Å². The van der Waals surface area contributed by atoms with E-state index < -0.39 is 11.6 Å². The van der Waals surface area contributed by atoms with Gasteiger partial charge in [-0.1, -0.05) is 6.92 Å². The maximum absolute atomic E-state index is 11.9. The van der Waals surface area contributed by atoms with E-state index in [1.165, 1.54) is 17.3 Å². The summed E-state index contributed by atoms with van der Waals surface area (Å²) in [7, 11) is 0. The monoisotopic (exact) mass is 226 g/mol. The van der Waals surface area contributed by atoms with Crippen LogP contribution in [0.5, 0.6) is 0 Å². The molecule has 0 aliphatic heterocycles. The number of rotatable bonds is 5. The highest BCUT2D eigenvalue weighted by molar-refractivity contribution is 5.80. The van der Waals surface area contributed by atoms with E-state index >= 15 is 0 Å². The molecule has 1 amide bonds. The summed E-state index contributed by atoms with van der Waals surface area (Å²) in [4.78, 5) is 15.6. The second-order valence-electron chi connectivity index (χ2n) is 4.11. The molecule has 0 radical (unpaired) electrons. The average Bonchev–Trinajstić information content (AvgIpc) is 2.81. The molecule has 1 aromatic rings. The number of carbonyl (C=O) groups excluding carboxylic acids is 1. The lowest BCUT2D eigenvalue weighted by Gasteiger charge is -2.28. The quantitative estimate of drug-likeness (QED) is 0.747. The van der Waals surface area contributed by atoms with Crippen LogP contribution in [-0.2, 0) is 4.79 Å². The van der Waals surface area contributed by atoms with Gasteiger partial charge in [0, 0.05) is 0 Å². The highest BCUT2D eigenvalue weighted by Gasteiger charge is 2.26. The molecule has 1 rings (SSSR count). The predicted octanol–water partition coefficient (Wildman–Crippen LogP) is 0.116. The summed E-state index contributed by atoms with van der Waals surface area (Å²) in [5.41, 5.74) is -0.577. The molecule has 2 N–H and O–H groups in total. The Balaban J connectivity index is 2.65. The zero-order valence-electron chi connectivity index (χ0n) is 9.84. The minimum Gasteiger partial charge on any atom is -0.394 e. The van der Waals surface area contributed by atoms with E-state index in [1.54, 1.807) is 13.8 Å². The third-order valence-corrected chi connectivity index (χ3v) is 2.77. The Kier molecular flexibility index (Phi) is 4.00. The van der Waals surface area contributed by atoms with Crippen molar-refractivity contribution in [3.05, 3.63) is 12.7 Å². The fraction of sp³-hybridized carbons (Fsp3) is 0.700. The van der Waals surface area contributed by atoms with Gasteiger partial charge in [0.1, 0.15) is 18.7 Å². The molecule has 0 aromatic carbocycles. The first-order valence-electron chi connectivity index (χ1n) is 5.29. The van der Waals surface area contributed by atoms with E-state index in [-0.39, 0.29) is 12.5 Å². The van der Waals surface area contributed by atoms with E-state index in [0.717, 1.165) is 0 Å². The number of aromatic nitrogens is 3. The van der Waals surface area contributed by atoms with Crippen molar-refractivity contribution in [2.24, 2.45) is 0 Å². The molecule has 1 heterocycles. The van der Waals surface area contributed by atoms with Gasteiger partial charge in [-0.25, -0.2) is 9.67 Å². The summed E-state index contributed by atoms with van der Waals surface area (Å²) >= 11 is 0. The highest BCUT2D eigenvalue weighted by Crippen LogP contribution is 2.11. The van der Waals surface area contributed by atoms with Crippen LogP contribution < -0.4 is 5.32 Å². The second kappa shape index (κ2) is 5.07. The summed E-state index contributed by atoms with van der Waals surface area (Å²) in [5.74, 6) is -0.177. The van der Waals surface area contributed by atoms with Crippen LogP contribution in [0.25, 0.3) is 0 Å². The molecule has 90 valence electrons. The van der Waals surface area contributed by atoms with Gasteiger partial charge in [0.15, 0.2) is 0 Å². The van der Waals surface area contributed by atoms with Crippen LogP contribution in [0.1, 0.15) is 33.2 Å². The number of aliphatic hydroxyl groups excluding tert-OH is 1. The third kappa shape index (κ3) is 2.79. The van der Waals surface area contributed by atoms with E-state index in [2.05, 4.69) is 15.4 Å². The molecule has 0 aliphatic rings. The number of hydrogen-bond acceptors (Lipinski definition) is 4. The number of amides is 1. The van der Waals surface area contributed by atoms with Crippen molar-refractivity contribution < 1.29 is 9.90 Å². The first-order valence-corrected chi connectivity index (χ1v) is 5.29. The third-order valence-electron chi connectivity index (χ3n) is 2.77. The summed E-state index contributed by atoms with van der Waals surface area (Å²) in [6.45, 7) is 5.37. The van der Waals surface area contributed by atoms with Gasteiger partial charge in [-0.15, -0.1) is 0 Å². The molecule has 0 saturated carbocycles. The Hall–Kier alpha value is -1.43. The van der Waals surface area contributed by atoms with Gasteiger partial charge in [-0.05, 0) is 20.3 Å². The van der Waals surface area contributed by atoms with Crippen LogP contribution in [0.3, 0.4) is 0 Å². The van der Waals surface area contributed by atoms with Crippen LogP contribution in [-0.4, -0.2) is 37.9 Å². The van der Waals surface area contributed by atoms with Gasteiger partial charge in [0.2, 0.25) is 5.91 Å². The molecule has 16 heavy (non-hydrogen) atoms. The minimum atomic E-state index is -0.577. The molecule has 0 saturated heterocycles. The summed E-state index contributed by atoms with van der Waals surface area (Å²) in [6, 6.07) is -0.431. The molecule has 0 aliphatic carbocycles. The standard InChI is InChI=1S/C10H18N4O2/c1-4-10(3,5-15)13-9(16)8(2)14-7-11-6-12-14/h6-8,15H,4-5H2,1-3H3,(H,13,16). The molecule has 0 bridgehead atoms. The molecule has 0 spiro atoms. The SMILES string of the molecule is CCC(C)(CO)NC(=O)C(C)n1cncn1. The van der Waals surface area contributed by atoms with Crippen molar-refractivity contribution in [3.63, 3.8) is 0 Å². The average molecular weight is 226 g/mol. The van der Waals surface area contributed by atoms with Gasteiger partial charge < -0.3 is 10.4 Å². The number of nitrogens with zero attached hydrogens (tertiary/aromatic N) is 3. The topological polar surface area (TPSA) is 80.0 Å². The summed E-state index contributed by atoms with van der Waals surface area (Å²) < 4.78 is 1.47. The predicted molar refractivity (Wildman–Crippen MR) is 58.7 cm³/mol. The maximum Gasteiger partial charge on any atom is 0.245 e. The maximum atomic E-state index is 11.9. The molecular formula is C10H18N4O2. The van der Waals surface area contributed by atoms with Crippen LogP contribution >= 0.6 is 0 Å². The van der Waals surface area contributed by atoms with Crippen molar-refractivity contribution in [3.8, 4) is 0 Å². The first kappa shape index (κ1) is 12.6. The lowest BCUT2D eigenvalue weighted by molar-refractivity contribution is -0.126. The number of nitrogens with one attached hydrogen (secondary N) is 1. The van der Waals surface area contributed by atoms with Crippen molar-refractivity contribution in [2.75, 3.05) is 6.61 Å². The van der Waals surface area contributed by atoms with Crippen LogP contribution in [0.15, 0.2) is 12.7 Å². The summed E-state index contributed by atoms with van der Waals surface area (Å²) in [5, 5.41) is 15.9. The first-order chi connectivity index (χ1) is 7.52. The number of aliphatic hydroxyl groups is 1. The number of carbonyl (C=O) groups is 1. The second-order valence-corrected chi connectivity index (χ2v) is 4.11. The largest absolute Gasteiger partial charge is 0.394 e. The molecular weight excluding hydrogens is 208 g/mol. The Morgan fingerprint density at radius 1 is 1.69 bits per heavy atom. The smallest absolute Gasteiger partial charge is 0.245 e. The molecule has 2 unspecified atom stereocenters. The zero-order valence-corrected chi connectivity index (χ0v) is 9.84. The van der Waals surface area contributed by atoms with Crippen molar-refractivity contribution in [1.29, 1.82) is 0 Å². The zero-order chi connectivity index (χ0) is 12.2. The Bertz CT molecular complexity index is 333. The fourth-order valence-electron chi connectivity index (χ4n) is 1.18. The normalized spacial score (nSPS) is 16.5. The van der Waals surface area contributed by atoms with E-state index in [4.69, 9.17) is 0 Å². The molecule has 6 nitrogen and oxygen atoms in total. The van der Waals surface area contributed by atoms with Gasteiger partial charge >= 0.3 is 0 Å². The van der Waals surface area contributed by atoms with Crippen molar-refractivity contribution >= 4 is 5.91 Å². The minimum absolute atomic E-state index is 0.0840.